The molecule has 1 amide bonds. The summed E-state index contributed by atoms with van der Waals surface area (Å²) in [6, 6.07) is 11.8. The van der Waals surface area contributed by atoms with E-state index in [4.69, 9.17) is 0 Å². The lowest BCUT2D eigenvalue weighted by molar-refractivity contribution is 0.0732. The summed E-state index contributed by atoms with van der Waals surface area (Å²) in [6.45, 7) is 4.72. The van der Waals surface area contributed by atoms with Crippen molar-refractivity contribution in [2.24, 2.45) is 0 Å². The van der Waals surface area contributed by atoms with Gasteiger partial charge in [-0.3, -0.25) is 9.52 Å². The van der Waals surface area contributed by atoms with Gasteiger partial charge in [0.05, 0.1) is 29.2 Å². The Hall–Kier alpha value is -3.13. The number of aromatic nitrogens is 2. The third kappa shape index (κ3) is 3.88. The zero-order valence-corrected chi connectivity index (χ0v) is 17.1. The smallest absolute Gasteiger partial charge is 0.262 e. The number of hydrogen-bond donors (Lipinski definition) is 2. The molecule has 2 heterocycles. The van der Waals surface area contributed by atoms with E-state index in [9.17, 15) is 13.2 Å². The zero-order chi connectivity index (χ0) is 20.6. The number of rotatable bonds is 4. The first-order chi connectivity index (χ1) is 13.8. The molecule has 8 heteroatoms. The van der Waals surface area contributed by atoms with Gasteiger partial charge in [0.1, 0.15) is 0 Å². The molecule has 7 nitrogen and oxygen atoms in total. The second-order valence-corrected chi connectivity index (χ2v) is 8.91. The predicted octanol–water partition coefficient (Wildman–Crippen LogP) is 3.03. The van der Waals surface area contributed by atoms with Crippen LogP contribution in [-0.2, 0) is 23.0 Å². The van der Waals surface area contributed by atoms with E-state index < -0.39 is 10.0 Å². The first-order valence-electron chi connectivity index (χ1n) is 9.34. The Bertz CT molecular complexity index is 1170. The van der Waals surface area contributed by atoms with Crippen LogP contribution in [0.1, 0.15) is 32.9 Å². The number of carbonyl (C=O) groups excluding carboxylic acids is 1. The van der Waals surface area contributed by atoms with Gasteiger partial charge in [0.25, 0.3) is 15.9 Å². The quantitative estimate of drug-likeness (QED) is 0.691. The summed E-state index contributed by atoms with van der Waals surface area (Å²) in [5, 5.41) is 0. The molecule has 2 aromatic carbocycles. The van der Waals surface area contributed by atoms with Crippen LogP contribution >= 0.6 is 0 Å². The average molecular weight is 410 g/mol. The molecule has 0 saturated carbocycles. The molecule has 0 radical (unpaired) electrons. The van der Waals surface area contributed by atoms with E-state index in [1.165, 1.54) is 0 Å². The number of nitrogens with zero attached hydrogens (tertiary/aromatic N) is 2. The summed E-state index contributed by atoms with van der Waals surface area (Å²) in [5.74, 6) is -0.0887. The van der Waals surface area contributed by atoms with E-state index in [-0.39, 0.29) is 10.8 Å². The lowest BCUT2D eigenvalue weighted by Gasteiger charge is -2.26. The van der Waals surface area contributed by atoms with Crippen LogP contribution in [0, 0.1) is 13.8 Å². The molecule has 0 bridgehead atoms. The van der Waals surface area contributed by atoms with Gasteiger partial charge in [-0.05, 0) is 55.3 Å². The number of imidazole rings is 1. The summed E-state index contributed by atoms with van der Waals surface area (Å²) in [5.41, 5.74) is 4.45. The molecule has 0 atom stereocenters. The summed E-state index contributed by atoms with van der Waals surface area (Å²) < 4.78 is 28.1. The fourth-order valence-corrected chi connectivity index (χ4v) is 4.85. The third-order valence-electron chi connectivity index (χ3n) is 5.08. The van der Waals surface area contributed by atoms with E-state index in [0.29, 0.717) is 29.9 Å². The Kier molecular flexibility index (Phi) is 4.87. The van der Waals surface area contributed by atoms with Crippen molar-refractivity contribution in [1.82, 2.24) is 14.9 Å². The van der Waals surface area contributed by atoms with Crippen LogP contribution in [0.5, 0.6) is 0 Å². The standard InChI is InChI=1S/C21H22N4O3S/c1-14-3-4-15(2)20(11-14)29(27,28)24-17-7-5-16(6-8-17)21(26)25-10-9-18-19(12-25)23-13-22-18/h3-8,11,13,24H,9-10,12H2,1-2H3,(H,22,23). The summed E-state index contributed by atoms with van der Waals surface area (Å²) >= 11 is 0. The largest absolute Gasteiger partial charge is 0.347 e. The average Bonchev–Trinajstić information content (AvgIpc) is 3.17. The predicted molar refractivity (Wildman–Crippen MR) is 110 cm³/mol. The molecular formula is C21H22N4O3S. The minimum Gasteiger partial charge on any atom is -0.347 e. The topological polar surface area (TPSA) is 95.2 Å². The van der Waals surface area contributed by atoms with E-state index in [0.717, 1.165) is 23.4 Å². The number of fused-ring (bicyclic) bond motifs is 1. The van der Waals surface area contributed by atoms with Crippen LogP contribution in [0.3, 0.4) is 0 Å². The number of amides is 1. The zero-order valence-electron chi connectivity index (χ0n) is 16.3. The van der Waals surface area contributed by atoms with Crippen LogP contribution in [-0.4, -0.2) is 35.7 Å². The number of carbonyl (C=O) groups is 1. The maximum atomic E-state index is 12.8. The first kappa shape index (κ1) is 19.2. The molecule has 2 N–H and O–H groups in total. The molecule has 0 fully saturated rings. The number of hydrogen-bond acceptors (Lipinski definition) is 4. The molecule has 150 valence electrons. The van der Waals surface area contributed by atoms with Crippen molar-refractivity contribution in [1.29, 1.82) is 0 Å². The monoisotopic (exact) mass is 410 g/mol. The lowest BCUT2D eigenvalue weighted by Crippen LogP contribution is -2.36. The molecule has 3 aromatic rings. The van der Waals surface area contributed by atoms with E-state index in [1.807, 2.05) is 13.0 Å². The number of aromatic amines is 1. The molecule has 4 rings (SSSR count). The second kappa shape index (κ2) is 7.36. The van der Waals surface area contributed by atoms with Crippen molar-refractivity contribution in [2.45, 2.75) is 31.7 Å². The van der Waals surface area contributed by atoms with Crippen LogP contribution < -0.4 is 4.72 Å². The first-order valence-corrected chi connectivity index (χ1v) is 10.8. The van der Waals surface area contributed by atoms with E-state index in [1.54, 1.807) is 54.5 Å². The summed E-state index contributed by atoms with van der Waals surface area (Å²) in [7, 11) is -3.70. The van der Waals surface area contributed by atoms with Crippen molar-refractivity contribution in [3.05, 3.63) is 76.9 Å². The fourth-order valence-electron chi connectivity index (χ4n) is 3.46. The SMILES string of the molecule is Cc1ccc(C)c(S(=O)(=O)Nc2ccc(C(=O)N3CCc4nc[nH]c4C3)cc2)c1. The summed E-state index contributed by atoms with van der Waals surface area (Å²) in [4.78, 5) is 22.1. The van der Waals surface area contributed by atoms with Crippen LogP contribution in [0.15, 0.2) is 53.7 Å². The van der Waals surface area contributed by atoms with Crippen molar-refractivity contribution in [2.75, 3.05) is 11.3 Å². The Morgan fingerprint density at radius 1 is 1.14 bits per heavy atom. The molecular weight excluding hydrogens is 388 g/mol. The molecule has 29 heavy (non-hydrogen) atoms. The number of aryl methyl sites for hydroxylation is 2. The minimum absolute atomic E-state index is 0.0887. The summed E-state index contributed by atoms with van der Waals surface area (Å²) in [6.07, 6.45) is 2.37. The van der Waals surface area contributed by atoms with Gasteiger partial charge in [0.15, 0.2) is 0 Å². The van der Waals surface area contributed by atoms with Gasteiger partial charge in [-0.15, -0.1) is 0 Å². The van der Waals surface area contributed by atoms with Gasteiger partial charge in [-0.25, -0.2) is 13.4 Å². The van der Waals surface area contributed by atoms with Crippen molar-refractivity contribution >= 4 is 21.6 Å². The van der Waals surface area contributed by atoms with Gasteiger partial charge < -0.3 is 9.88 Å². The Labute approximate surface area is 169 Å². The van der Waals surface area contributed by atoms with E-state index >= 15 is 0 Å². The number of benzene rings is 2. The van der Waals surface area contributed by atoms with Crippen LogP contribution in [0.25, 0.3) is 0 Å². The molecule has 0 spiro atoms. The number of H-pyrrole nitrogens is 1. The normalized spacial score (nSPS) is 13.8. The van der Waals surface area contributed by atoms with E-state index in [2.05, 4.69) is 14.7 Å². The van der Waals surface area contributed by atoms with Gasteiger partial charge in [-0.2, -0.15) is 0 Å². The molecule has 1 aliphatic rings. The molecule has 1 aliphatic heterocycles. The van der Waals surface area contributed by atoms with Gasteiger partial charge in [0.2, 0.25) is 0 Å². The maximum Gasteiger partial charge on any atom is 0.262 e. The van der Waals surface area contributed by atoms with Crippen molar-refractivity contribution in [3.8, 4) is 0 Å². The number of anilines is 1. The van der Waals surface area contributed by atoms with Crippen LogP contribution in [0.4, 0.5) is 5.69 Å². The molecule has 1 aromatic heterocycles. The third-order valence-corrected chi connectivity index (χ3v) is 6.60. The number of nitrogens with one attached hydrogen (secondary N) is 2. The second-order valence-electron chi connectivity index (χ2n) is 7.26. The van der Waals surface area contributed by atoms with Gasteiger partial charge in [-0.1, -0.05) is 12.1 Å². The maximum absolute atomic E-state index is 12.8. The Morgan fingerprint density at radius 2 is 1.90 bits per heavy atom. The minimum atomic E-state index is -3.70. The molecule has 0 saturated heterocycles. The highest BCUT2D eigenvalue weighted by atomic mass is 32.2. The Balaban J connectivity index is 1.49. The molecule has 0 aliphatic carbocycles. The highest BCUT2D eigenvalue weighted by Crippen LogP contribution is 2.22. The Morgan fingerprint density at radius 3 is 2.66 bits per heavy atom. The van der Waals surface area contributed by atoms with Gasteiger partial charge >= 0.3 is 0 Å². The molecule has 0 unspecified atom stereocenters. The van der Waals surface area contributed by atoms with Crippen LogP contribution in [0.2, 0.25) is 0 Å². The highest BCUT2D eigenvalue weighted by molar-refractivity contribution is 7.92. The van der Waals surface area contributed by atoms with Gasteiger partial charge in [0, 0.05) is 24.2 Å². The highest BCUT2D eigenvalue weighted by Gasteiger charge is 2.23. The van der Waals surface area contributed by atoms with Crippen molar-refractivity contribution < 1.29 is 13.2 Å². The fraction of sp³-hybridized carbons (Fsp3) is 0.238. The lowest BCUT2D eigenvalue weighted by atomic mass is 10.1. The van der Waals surface area contributed by atoms with Crippen molar-refractivity contribution in [3.63, 3.8) is 0 Å². The number of sulfonamides is 1.